The predicted molar refractivity (Wildman–Crippen MR) is 110 cm³/mol. The maximum absolute atomic E-state index is 12.9. The van der Waals surface area contributed by atoms with Gasteiger partial charge < -0.3 is 10.1 Å². The first-order valence-electron chi connectivity index (χ1n) is 8.77. The average molecular weight is 443 g/mol. The van der Waals surface area contributed by atoms with E-state index in [0.717, 1.165) is 19.3 Å². The Kier molecular flexibility index (Phi) is 6.50. The Morgan fingerprint density at radius 2 is 1.68 bits per heavy atom. The van der Waals surface area contributed by atoms with Gasteiger partial charge >= 0.3 is 0 Å². The van der Waals surface area contributed by atoms with E-state index in [9.17, 15) is 13.2 Å². The minimum atomic E-state index is -3.64. The van der Waals surface area contributed by atoms with E-state index in [0.29, 0.717) is 28.9 Å². The van der Waals surface area contributed by atoms with E-state index in [2.05, 4.69) is 5.32 Å². The van der Waals surface area contributed by atoms with Crippen LogP contribution < -0.4 is 10.1 Å². The molecule has 1 heterocycles. The third-order valence-electron chi connectivity index (χ3n) is 4.50. The Morgan fingerprint density at radius 1 is 1.04 bits per heavy atom. The maximum Gasteiger partial charge on any atom is 0.255 e. The van der Waals surface area contributed by atoms with Crippen LogP contribution in [0.15, 0.2) is 41.3 Å². The van der Waals surface area contributed by atoms with Crippen LogP contribution >= 0.6 is 23.2 Å². The number of halogens is 2. The van der Waals surface area contributed by atoms with Crippen LogP contribution in [0.3, 0.4) is 0 Å². The number of carbonyl (C=O) groups excluding carboxylic acids is 1. The number of piperidine rings is 1. The van der Waals surface area contributed by atoms with Crippen LogP contribution in [-0.2, 0) is 10.0 Å². The molecule has 0 bridgehead atoms. The van der Waals surface area contributed by atoms with Crippen molar-refractivity contribution >= 4 is 44.8 Å². The highest BCUT2D eigenvalue weighted by atomic mass is 35.5. The lowest BCUT2D eigenvalue weighted by molar-refractivity contribution is 0.102. The molecule has 1 fully saturated rings. The van der Waals surface area contributed by atoms with E-state index in [1.807, 2.05) is 0 Å². The summed E-state index contributed by atoms with van der Waals surface area (Å²) < 4.78 is 32.6. The molecule has 9 heteroatoms. The quantitative estimate of drug-likeness (QED) is 0.742. The molecule has 1 N–H and O–H groups in total. The number of nitrogens with zero attached hydrogens (tertiary/aromatic N) is 1. The van der Waals surface area contributed by atoms with Crippen LogP contribution in [0.1, 0.15) is 29.6 Å². The number of rotatable bonds is 5. The zero-order valence-electron chi connectivity index (χ0n) is 15.2. The summed E-state index contributed by atoms with van der Waals surface area (Å²) >= 11 is 11.9. The molecule has 0 aliphatic carbocycles. The zero-order valence-corrected chi connectivity index (χ0v) is 17.6. The smallest absolute Gasteiger partial charge is 0.255 e. The number of sulfonamides is 1. The number of carbonyl (C=O) groups is 1. The maximum atomic E-state index is 12.9. The largest absolute Gasteiger partial charge is 0.495 e. The monoisotopic (exact) mass is 442 g/mol. The number of nitrogens with one attached hydrogen (secondary N) is 1. The van der Waals surface area contributed by atoms with Crippen molar-refractivity contribution in [3.05, 3.63) is 52.0 Å². The molecule has 6 nitrogen and oxygen atoms in total. The third-order valence-corrected chi connectivity index (χ3v) is 6.83. The number of ether oxygens (including phenoxy) is 1. The van der Waals surface area contributed by atoms with E-state index in [4.69, 9.17) is 27.9 Å². The standard InChI is InChI=1S/C19H20Cl2N2O4S/c1-27-18-6-5-16(28(25,26)23-7-3-2-4-8-23)12-17(18)22-19(24)13-9-14(20)11-15(21)10-13/h5-6,9-12H,2-4,7-8H2,1H3,(H,22,24). The molecule has 150 valence electrons. The average Bonchev–Trinajstić information content (AvgIpc) is 2.67. The Morgan fingerprint density at radius 3 is 2.29 bits per heavy atom. The van der Waals surface area contributed by atoms with E-state index >= 15 is 0 Å². The SMILES string of the molecule is COc1ccc(S(=O)(=O)N2CCCCC2)cc1NC(=O)c1cc(Cl)cc(Cl)c1. The van der Waals surface area contributed by atoms with Crippen LogP contribution in [0.25, 0.3) is 0 Å². The van der Waals surface area contributed by atoms with Gasteiger partial charge in [0.1, 0.15) is 5.75 Å². The Hall–Kier alpha value is -1.80. The first kappa shape index (κ1) is 20.9. The van der Waals surface area contributed by atoms with Gasteiger partial charge in [-0.25, -0.2) is 8.42 Å². The van der Waals surface area contributed by atoms with Gasteiger partial charge in [-0.05, 0) is 49.2 Å². The summed E-state index contributed by atoms with van der Waals surface area (Å²) in [7, 11) is -2.19. The highest BCUT2D eigenvalue weighted by molar-refractivity contribution is 7.89. The van der Waals surface area contributed by atoms with E-state index in [-0.39, 0.29) is 16.1 Å². The predicted octanol–water partition coefficient (Wildman–Crippen LogP) is 4.43. The van der Waals surface area contributed by atoms with Crippen molar-refractivity contribution in [1.29, 1.82) is 0 Å². The fraction of sp³-hybridized carbons (Fsp3) is 0.316. The van der Waals surface area contributed by atoms with E-state index in [1.54, 1.807) is 0 Å². The second kappa shape index (κ2) is 8.69. The third kappa shape index (κ3) is 4.60. The second-order valence-corrected chi connectivity index (χ2v) is 9.25. The topological polar surface area (TPSA) is 75.7 Å². The molecule has 1 amide bonds. The summed E-state index contributed by atoms with van der Waals surface area (Å²) in [5, 5.41) is 3.33. The minimum absolute atomic E-state index is 0.106. The second-order valence-electron chi connectivity index (χ2n) is 6.44. The summed E-state index contributed by atoms with van der Waals surface area (Å²) in [6.45, 7) is 0.994. The van der Waals surface area contributed by atoms with Crippen molar-refractivity contribution in [1.82, 2.24) is 4.31 Å². The molecule has 0 spiro atoms. The van der Waals surface area contributed by atoms with Crippen molar-refractivity contribution in [3.8, 4) is 5.75 Å². The summed E-state index contributed by atoms with van der Waals surface area (Å²) in [5.74, 6) is -0.130. The number of amides is 1. The molecule has 0 aromatic heterocycles. The van der Waals surface area contributed by atoms with Gasteiger partial charge in [0, 0.05) is 28.7 Å². The van der Waals surface area contributed by atoms with Gasteiger partial charge in [-0.3, -0.25) is 4.79 Å². The van der Waals surface area contributed by atoms with Crippen molar-refractivity contribution in [2.75, 3.05) is 25.5 Å². The van der Waals surface area contributed by atoms with Crippen LogP contribution in [0.4, 0.5) is 5.69 Å². The number of methoxy groups -OCH3 is 1. The molecule has 28 heavy (non-hydrogen) atoms. The lowest BCUT2D eigenvalue weighted by atomic mass is 10.2. The van der Waals surface area contributed by atoms with Crippen molar-refractivity contribution in [2.45, 2.75) is 24.2 Å². The lowest BCUT2D eigenvalue weighted by Crippen LogP contribution is -2.35. The number of benzene rings is 2. The van der Waals surface area contributed by atoms with Gasteiger partial charge in [0.25, 0.3) is 5.91 Å². The van der Waals surface area contributed by atoms with Gasteiger partial charge in [-0.15, -0.1) is 0 Å². The van der Waals surface area contributed by atoms with Crippen molar-refractivity contribution in [3.63, 3.8) is 0 Å². The highest BCUT2D eigenvalue weighted by Gasteiger charge is 2.27. The lowest BCUT2D eigenvalue weighted by Gasteiger charge is -2.26. The molecule has 0 radical (unpaired) electrons. The number of hydrogen-bond donors (Lipinski definition) is 1. The summed E-state index contributed by atoms with van der Waals surface area (Å²) in [6.07, 6.45) is 2.71. The van der Waals surface area contributed by atoms with Gasteiger partial charge in [-0.2, -0.15) is 4.31 Å². The molecule has 1 aliphatic rings. The van der Waals surface area contributed by atoms with Crippen LogP contribution in [0, 0.1) is 0 Å². The number of anilines is 1. The molecular weight excluding hydrogens is 423 g/mol. The zero-order chi connectivity index (χ0) is 20.3. The molecule has 1 aliphatic heterocycles. The molecule has 2 aromatic rings. The van der Waals surface area contributed by atoms with Crippen LogP contribution in [0.2, 0.25) is 10.0 Å². The van der Waals surface area contributed by atoms with E-state index in [1.165, 1.54) is 47.8 Å². The Balaban J connectivity index is 1.92. The highest BCUT2D eigenvalue weighted by Crippen LogP contribution is 2.30. The van der Waals surface area contributed by atoms with Gasteiger partial charge in [0.15, 0.2) is 0 Å². The van der Waals surface area contributed by atoms with Crippen LogP contribution in [0.5, 0.6) is 5.75 Å². The molecule has 0 atom stereocenters. The molecule has 3 rings (SSSR count). The molecular formula is C19H20Cl2N2O4S. The molecule has 2 aromatic carbocycles. The molecule has 0 saturated carbocycles. The normalized spacial score (nSPS) is 15.2. The fourth-order valence-electron chi connectivity index (χ4n) is 3.08. The van der Waals surface area contributed by atoms with E-state index < -0.39 is 15.9 Å². The van der Waals surface area contributed by atoms with Gasteiger partial charge in [0.2, 0.25) is 10.0 Å². The van der Waals surface area contributed by atoms with Gasteiger partial charge in [0.05, 0.1) is 17.7 Å². The first-order chi connectivity index (χ1) is 13.3. The van der Waals surface area contributed by atoms with Crippen molar-refractivity contribution < 1.29 is 17.9 Å². The summed E-state index contributed by atoms with van der Waals surface area (Å²) in [5.41, 5.74) is 0.505. The summed E-state index contributed by atoms with van der Waals surface area (Å²) in [6, 6.07) is 8.89. The van der Waals surface area contributed by atoms with Crippen LogP contribution in [-0.4, -0.2) is 38.8 Å². The summed E-state index contributed by atoms with van der Waals surface area (Å²) in [4.78, 5) is 12.7. The Bertz CT molecular complexity index is 969. The van der Waals surface area contributed by atoms with Gasteiger partial charge in [-0.1, -0.05) is 29.6 Å². The molecule has 0 unspecified atom stereocenters. The number of hydrogen-bond acceptors (Lipinski definition) is 4. The fourth-order valence-corrected chi connectivity index (χ4v) is 5.15. The first-order valence-corrected chi connectivity index (χ1v) is 11.0. The molecule has 1 saturated heterocycles. The Labute approximate surface area is 174 Å². The van der Waals surface area contributed by atoms with Crippen molar-refractivity contribution in [2.24, 2.45) is 0 Å². The minimum Gasteiger partial charge on any atom is -0.495 e.